The summed E-state index contributed by atoms with van der Waals surface area (Å²) in [6.07, 6.45) is 2.54. The van der Waals surface area contributed by atoms with Crippen molar-refractivity contribution in [3.05, 3.63) is 16.1 Å². The van der Waals surface area contributed by atoms with Crippen LogP contribution >= 0.6 is 11.3 Å². The first-order valence-corrected chi connectivity index (χ1v) is 9.84. The fraction of sp³-hybridized carbons (Fsp3) is 0.692. The molecular formula is C13H25N5O2S2. The highest BCUT2D eigenvalue weighted by Gasteiger charge is 2.05. The molecule has 3 N–H and O–H groups in total. The van der Waals surface area contributed by atoms with E-state index in [4.69, 9.17) is 0 Å². The summed E-state index contributed by atoms with van der Waals surface area (Å²) >= 11 is 1.63. The van der Waals surface area contributed by atoms with Gasteiger partial charge in [0.25, 0.3) is 0 Å². The molecule has 126 valence electrons. The highest BCUT2D eigenvalue weighted by Crippen LogP contribution is 2.11. The van der Waals surface area contributed by atoms with Gasteiger partial charge in [-0.25, -0.2) is 23.1 Å². The maximum absolute atomic E-state index is 11.3. The lowest BCUT2D eigenvalue weighted by Gasteiger charge is -2.11. The van der Waals surface area contributed by atoms with E-state index in [1.807, 2.05) is 20.0 Å². The molecule has 0 aliphatic carbocycles. The number of aryl methyl sites for hydroxylation is 1. The van der Waals surface area contributed by atoms with Gasteiger partial charge in [0.2, 0.25) is 10.0 Å². The average Bonchev–Trinajstić information content (AvgIpc) is 2.90. The van der Waals surface area contributed by atoms with E-state index in [9.17, 15) is 8.42 Å². The highest BCUT2D eigenvalue weighted by atomic mass is 32.2. The van der Waals surface area contributed by atoms with Crippen LogP contribution in [0.5, 0.6) is 0 Å². The van der Waals surface area contributed by atoms with Crippen molar-refractivity contribution in [1.29, 1.82) is 0 Å². The SMILES string of the molecule is CCNC(=NCc1ncc(C)s1)NCCCNS(=O)(=O)CC. The predicted octanol–water partition coefficient (Wildman–Crippen LogP) is 0.836. The summed E-state index contributed by atoms with van der Waals surface area (Å²) in [5.74, 6) is 0.825. The van der Waals surface area contributed by atoms with Gasteiger partial charge in [-0.15, -0.1) is 11.3 Å². The zero-order chi connectivity index (χ0) is 16.4. The van der Waals surface area contributed by atoms with E-state index in [1.165, 1.54) is 4.88 Å². The molecule has 0 saturated heterocycles. The van der Waals surface area contributed by atoms with Crippen LogP contribution in [0.4, 0.5) is 0 Å². The smallest absolute Gasteiger partial charge is 0.211 e. The van der Waals surface area contributed by atoms with Crippen LogP contribution in [-0.2, 0) is 16.6 Å². The van der Waals surface area contributed by atoms with Gasteiger partial charge in [-0.2, -0.15) is 0 Å². The topological polar surface area (TPSA) is 95.5 Å². The third kappa shape index (κ3) is 7.71. The Hall–Kier alpha value is -1.19. The van der Waals surface area contributed by atoms with Gasteiger partial charge < -0.3 is 10.6 Å². The minimum Gasteiger partial charge on any atom is -0.357 e. The van der Waals surface area contributed by atoms with E-state index >= 15 is 0 Å². The zero-order valence-corrected chi connectivity index (χ0v) is 15.0. The standard InChI is InChI=1S/C13H25N5O2S2/c1-4-14-13(17-10-12-16-9-11(3)21-12)15-7-6-8-18-22(19,20)5-2/h9,18H,4-8,10H2,1-3H3,(H2,14,15,17). The Morgan fingerprint density at radius 3 is 2.68 bits per heavy atom. The molecule has 0 aromatic carbocycles. The van der Waals surface area contributed by atoms with Crippen molar-refractivity contribution in [2.75, 3.05) is 25.4 Å². The number of hydrogen-bond donors (Lipinski definition) is 3. The molecule has 7 nitrogen and oxygen atoms in total. The molecule has 0 bridgehead atoms. The quantitative estimate of drug-likeness (QED) is 0.349. The molecule has 0 radical (unpaired) electrons. The van der Waals surface area contributed by atoms with Crippen LogP contribution < -0.4 is 15.4 Å². The second kappa shape index (κ2) is 9.75. The first-order chi connectivity index (χ1) is 10.5. The number of aromatic nitrogens is 1. The van der Waals surface area contributed by atoms with E-state index in [2.05, 4.69) is 25.3 Å². The molecule has 0 fully saturated rings. The van der Waals surface area contributed by atoms with Gasteiger partial charge >= 0.3 is 0 Å². The van der Waals surface area contributed by atoms with E-state index in [0.717, 1.165) is 11.6 Å². The zero-order valence-electron chi connectivity index (χ0n) is 13.3. The summed E-state index contributed by atoms with van der Waals surface area (Å²) in [7, 11) is -3.10. The van der Waals surface area contributed by atoms with Crippen LogP contribution in [-0.4, -0.2) is 44.7 Å². The Kier molecular flexibility index (Phi) is 8.36. The number of hydrogen-bond acceptors (Lipinski definition) is 5. The van der Waals surface area contributed by atoms with Crippen LogP contribution in [0.15, 0.2) is 11.2 Å². The van der Waals surface area contributed by atoms with Crippen LogP contribution in [0.3, 0.4) is 0 Å². The van der Waals surface area contributed by atoms with Crippen molar-refractivity contribution >= 4 is 27.3 Å². The molecule has 1 rings (SSSR count). The van der Waals surface area contributed by atoms with E-state index in [1.54, 1.807) is 18.3 Å². The Labute approximate surface area is 136 Å². The van der Waals surface area contributed by atoms with Crippen LogP contribution in [0.2, 0.25) is 0 Å². The van der Waals surface area contributed by atoms with Crippen molar-refractivity contribution in [2.45, 2.75) is 33.7 Å². The summed E-state index contributed by atoms with van der Waals surface area (Å²) < 4.78 is 25.1. The Balaban J connectivity index is 2.34. The summed E-state index contributed by atoms with van der Waals surface area (Å²) in [5.41, 5.74) is 0. The van der Waals surface area contributed by atoms with E-state index < -0.39 is 10.0 Å². The number of nitrogens with one attached hydrogen (secondary N) is 3. The van der Waals surface area contributed by atoms with Gasteiger partial charge in [0.05, 0.1) is 12.3 Å². The largest absolute Gasteiger partial charge is 0.357 e. The fourth-order valence-electron chi connectivity index (χ4n) is 1.59. The molecule has 0 saturated carbocycles. The molecule has 0 aliphatic heterocycles. The monoisotopic (exact) mass is 347 g/mol. The lowest BCUT2D eigenvalue weighted by Crippen LogP contribution is -2.38. The first kappa shape index (κ1) is 18.9. The second-order valence-corrected chi connectivity index (χ2v) is 8.05. The lowest BCUT2D eigenvalue weighted by atomic mass is 10.4. The third-order valence-corrected chi connectivity index (χ3v) is 5.04. The van der Waals surface area contributed by atoms with Gasteiger partial charge in [0.1, 0.15) is 5.01 Å². The van der Waals surface area contributed by atoms with Crippen LogP contribution in [0.25, 0.3) is 0 Å². The third-order valence-electron chi connectivity index (χ3n) is 2.73. The first-order valence-electron chi connectivity index (χ1n) is 7.37. The molecule has 9 heteroatoms. The molecule has 1 aromatic heterocycles. The number of aliphatic imine (C=N–C) groups is 1. The molecule has 0 amide bonds. The summed E-state index contributed by atoms with van der Waals surface area (Å²) in [6.45, 7) is 8.02. The Bertz CT molecular complexity index is 569. The maximum atomic E-state index is 11.3. The minimum absolute atomic E-state index is 0.109. The number of thiazole rings is 1. The molecule has 0 aliphatic rings. The summed E-state index contributed by atoms with van der Waals surface area (Å²) in [4.78, 5) is 9.91. The van der Waals surface area contributed by atoms with Crippen LogP contribution in [0.1, 0.15) is 30.2 Å². The molecule has 1 heterocycles. The molecule has 0 atom stereocenters. The molecule has 1 aromatic rings. The van der Waals surface area contributed by atoms with Crippen molar-refractivity contribution in [3.63, 3.8) is 0 Å². The normalized spacial score (nSPS) is 12.4. The van der Waals surface area contributed by atoms with Crippen molar-refractivity contribution in [3.8, 4) is 0 Å². The lowest BCUT2D eigenvalue weighted by molar-refractivity contribution is 0.579. The number of guanidine groups is 1. The van der Waals surface area contributed by atoms with Crippen LogP contribution in [0, 0.1) is 6.92 Å². The van der Waals surface area contributed by atoms with Gasteiger partial charge in [0, 0.05) is 30.7 Å². The second-order valence-electron chi connectivity index (χ2n) is 4.64. The van der Waals surface area contributed by atoms with E-state index in [0.29, 0.717) is 32.0 Å². The Morgan fingerprint density at radius 1 is 1.32 bits per heavy atom. The highest BCUT2D eigenvalue weighted by molar-refractivity contribution is 7.89. The number of nitrogens with zero attached hydrogens (tertiary/aromatic N) is 2. The van der Waals surface area contributed by atoms with Crippen molar-refractivity contribution < 1.29 is 8.42 Å². The van der Waals surface area contributed by atoms with Gasteiger partial charge in [-0.05, 0) is 27.2 Å². The van der Waals surface area contributed by atoms with Gasteiger partial charge in [0.15, 0.2) is 5.96 Å². The van der Waals surface area contributed by atoms with Gasteiger partial charge in [-0.3, -0.25) is 0 Å². The predicted molar refractivity (Wildman–Crippen MR) is 91.7 cm³/mol. The van der Waals surface area contributed by atoms with Crippen molar-refractivity contribution in [2.24, 2.45) is 4.99 Å². The van der Waals surface area contributed by atoms with E-state index in [-0.39, 0.29) is 5.75 Å². The molecule has 0 spiro atoms. The molecular weight excluding hydrogens is 322 g/mol. The summed E-state index contributed by atoms with van der Waals surface area (Å²) in [6, 6.07) is 0. The number of rotatable bonds is 9. The molecule has 22 heavy (non-hydrogen) atoms. The Morgan fingerprint density at radius 2 is 2.09 bits per heavy atom. The molecule has 0 unspecified atom stereocenters. The van der Waals surface area contributed by atoms with Crippen molar-refractivity contribution in [1.82, 2.24) is 20.3 Å². The maximum Gasteiger partial charge on any atom is 0.211 e. The average molecular weight is 348 g/mol. The summed E-state index contributed by atoms with van der Waals surface area (Å²) in [5, 5.41) is 7.32. The van der Waals surface area contributed by atoms with Gasteiger partial charge in [-0.1, -0.05) is 0 Å². The fourth-order valence-corrected chi connectivity index (χ4v) is 2.96. The number of sulfonamides is 1. The minimum atomic E-state index is -3.10.